The van der Waals surface area contributed by atoms with Gasteiger partial charge in [-0.15, -0.1) is 0 Å². The molecule has 0 bridgehead atoms. The number of carbonyl (C=O) groups is 1. The van der Waals surface area contributed by atoms with E-state index in [-0.39, 0.29) is 5.56 Å². The van der Waals surface area contributed by atoms with Crippen molar-refractivity contribution in [2.45, 2.75) is 0 Å². The molecule has 1 amide bonds. The molecule has 0 saturated heterocycles. The molecule has 0 atom stereocenters. The van der Waals surface area contributed by atoms with Crippen LogP contribution in [0.1, 0.15) is 10.4 Å². The van der Waals surface area contributed by atoms with Crippen LogP contribution in [0.2, 0.25) is 0 Å². The number of benzene rings is 2. The van der Waals surface area contributed by atoms with Crippen LogP contribution in [0.25, 0.3) is 16.8 Å². The van der Waals surface area contributed by atoms with Crippen LogP contribution in [-0.2, 0) is 0 Å². The molecular weight excluding hydrogens is 408 g/mol. The summed E-state index contributed by atoms with van der Waals surface area (Å²) in [5.41, 5.74) is 0.178. The van der Waals surface area contributed by atoms with Crippen LogP contribution in [0, 0.1) is 0 Å². The third-order valence-corrected chi connectivity index (χ3v) is 4.72. The van der Waals surface area contributed by atoms with Gasteiger partial charge in [-0.05, 0) is 48.5 Å². The van der Waals surface area contributed by atoms with Gasteiger partial charge in [0.15, 0.2) is 0 Å². The predicted molar refractivity (Wildman–Crippen MR) is 118 cm³/mol. The number of ether oxygens (including phenoxy) is 1. The van der Waals surface area contributed by atoms with Gasteiger partial charge in [0.2, 0.25) is 5.88 Å². The molecule has 1 N–H and O–H groups in total. The van der Waals surface area contributed by atoms with Crippen molar-refractivity contribution in [3.8, 4) is 17.4 Å². The van der Waals surface area contributed by atoms with Gasteiger partial charge in [-0.25, -0.2) is 14.8 Å². The van der Waals surface area contributed by atoms with Crippen molar-refractivity contribution in [3.05, 3.63) is 108 Å². The average Bonchev–Trinajstić information content (AvgIpc) is 3.35. The lowest BCUT2D eigenvalue weighted by Crippen LogP contribution is -2.20. The lowest BCUT2D eigenvalue weighted by Gasteiger charge is -2.08. The minimum Gasteiger partial charge on any atom is -0.439 e. The topological polar surface area (TPSA) is 99.2 Å². The van der Waals surface area contributed by atoms with Gasteiger partial charge in [0.25, 0.3) is 5.91 Å². The summed E-state index contributed by atoms with van der Waals surface area (Å²) >= 11 is 0. The molecule has 3 heterocycles. The smallest absolute Gasteiger partial charge is 0.349 e. The first kappa shape index (κ1) is 19.3. The number of amides is 1. The summed E-state index contributed by atoms with van der Waals surface area (Å²) in [5, 5.41) is 3.37. The molecule has 0 saturated carbocycles. The van der Waals surface area contributed by atoms with Crippen LogP contribution in [-0.4, -0.2) is 20.4 Å². The molecule has 156 valence electrons. The van der Waals surface area contributed by atoms with Gasteiger partial charge < -0.3 is 19.0 Å². The van der Waals surface area contributed by atoms with E-state index in [1.54, 1.807) is 48.5 Å². The zero-order chi connectivity index (χ0) is 21.9. The van der Waals surface area contributed by atoms with E-state index < -0.39 is 11.5 Å². The Labute approximate surface area is 181 Å². The molecule has 0 aliphatic rings. The van der Waals surface area contributed by atoms with Crippen molar-refractivity contribution in [1.29, 1.82) is 0 Å². The molecule has 32 heavy (non-hydrogen) atoms. The van der Waals surface area contributed by atoms with Gasteiger partial charge >= 0.3 is 5.63 Å². The summed E-state index contributed by atoms with van der Waals surface area (Å²) in [5.74, 6) is 1.04. The maximum Gasteiger partial charge on any atom is 0.349 e. The Morgan fingerprint density at radius 2 is 1.72 bits per heavy atom. The first-order valence-electron chi connectivity index (χ1n) is 9.73. The van der Waals surface area contributed by atoms with Crippen LogP contribution in [0.5, 0.6) is 11.6 Å². The van der Waals surface area contributed by atoms with Crippen LogP contribution in [0.4, 0.5) is 5.69 Å². The van der Waals surface area contributed by atoms with E-state index in [0.29, 0.717) is 34.1 Å². The second-order valence-corrected chi connectivity index (χ2v) is 6.87. The lowest BCUT2D eigenvalue weighted by molar-refractivity contribution is 0.102. The van der Waals surface area contributed by atoms with Crippen LogP contribution >= 0.6 is 0 Å². The molecule has 5 aromatic rings. The van der Waals surface area contributed by atoms with Gasteiger partial charge in [-0.3, -0.25) is 4.79 Å². The highest BCUT2D eigenvalue weighted by atomic mass is 16.5. The van der Waals surface area contributed by atoms with Crippen LogP contribution in [0.15, 0.2) is 101 Å². The molecule has 0 aliphatic carbocycles. The van der Waals surface area contributed by atoms with Crippen molar-refractivity contribution in [3.63, 3.8) is 0 Å². The Morgan fingerprint density at radius 1 is 0.938 bits per heavy atom. The first-order valence-corrected chi connectivity index (χ1v) is 9.73. The highest BCUT2D eigenvalue weighted by Gasteiger charge is 2.14. The summed E-state index contributed by atoms with van der Waals surface area (Å²) in [6, 6.07) is 20.8. The van der Waals surface area contributed by atoms with Gasteiger partial charge in [0.1, 0.15) is 29.0 Å². The van der Waals surface area contributed by atoms with Crippen molar-refractivity contribution < 1.29 is 13.9 Å². The van der Waals surface area contributed by atoms with E-state index in [1.807, 2.05) is 35.2 Å². The minimum absolute atomic E-state index is 0.0671. The highest BCUT2D eigenvalue weighted by molar-refractivity contribution is 6.05. The van der Waals surface area contributed by atoms with Gasteiger partial charge in [0, 0.05) is 29.5 Å². The summed E-state index contributed by atoms with van der Waals surface area (Å²) in [6.45, 7) is 0. The Hall–Kier alpha value is -4.72. The summed E-state index contributed by atoms with van der Waals surface area (Å²) < 4.78 is 12.9. The van der Waals surface area contributed by atoms with Crippen molar-refractivity contribution in [2.75, 3.05) is 5.32 Å². The Kier molecular flexibility index (Phi) is 4.93. The number of anilines is 1. The number of carbonyl (C=O) groups excluding carboxylic acids is 1. The number of fused-ring (bicyclic) bond motifs is 1. The van der Waals surface area contributed by atoms with E-state index in [0.717, 1.165) is 0 Å². The summed E-state index contributed by atoms with van der Waals surface area (Å²) in [4.78, 5) is 33.1. The largest absolute Gasteiger partial charge is 0.439 e. The maximum atomic E-state index is 12.6. The fourth-order valence-electron chi connectivity index (χ4n) is 3.16. The first-order chi connectivity index (χ1) is 15.7. The number of aromatic nitrogens is 3. The zero-order valence-electron chi connectivity index (χ0n) is 16.6. The van der Waals surface area contributed by atoms with E-state index in [2.05, 4.69) is 15.3 Å². The molecular formula is C24H16N4O4. The average molecular weight is 424 g/mol. The number of nitrogens with zero attached hydrogens (tertiary/aromatic N) is 3. The van der Waals surface area contributed by atoms with Crippen molar-refractivity contribution in [1.82, 2.24) is 14.5 Å². The molecule has 0 unspecified atom stereocenters. The molecule has 0 fully saturated rings. The number of hydrogen-bond acceptors (Lipinski definition) is 6. The van der Waals surface area contributed by atoms with Crippen LogP contribution in [0.3, 0.4) is 0 Å². The van der Waals surface area contributed by atoms with Gasteiger partial charge in [0.05, 0.1) is 0 Å². The number of nitrogens with one attached hydrogen (secondary N) is 1. The second kappa shape index (κ2) is 8.19. The summed E-state index contributed by atoms with van der Waals surface area (Å²) in [6.07, 6.45) is 5.17. The molecule has 2 aromatic carbocycles. The summed E-state index contributed by atoms with van der Waals surface area (Å²) in [7, 11) is 0. The Balaban J connectivity index is 1.30. The molecule has 8 heteroatoms. The monoisotopic (exact) mass is 424 g/mol. The maximum absolute atomic E-state index is 12.6. The van der Waals surface area contributed by atoms with Gasteiger partial charge in [-0.1, -0.05) is 18.2 Å². The van der Waals surface area contributed by atoms with Gasteiger partial charge in [-0.2, -0.15) is 0 Å². The number of hydrogen-bond donors (Lipinski definition) is 1. The van der Waals surface area contributed by atoms with E-state index in [1.165, 1.54) is 12.4 Å². The quantitative estimate of drug-likeness (QED) is 0.419. The predicted octanol–water partition coefficient (Wildman–Crippen LogP) is 4.42. The molecule has 0 aliphatic heterocycles. The SMILES string of the molecule is O=C(Nc1ccc(Oc2cc(-n3cccc3)ncn2)cc1)c1cc2ccccc2oc1=O. The third-order valence-electron chi connectivity index (χ3n) is 4.72. The second-order valence-electron chi connectivity index (χ2n) is 6.87. The van der Waals surface area contributed by atoms with Crippen molar-refractivity contribution >= 4 is 22.6 Å². The molecule has 3 aromatic heterocycles. The molecule has 0 radical (unpaired) electrons. The third kappa shape index (κ3) is 3.97. The minimum atomic E-state index is -0.691. The highest BCUT2D eigenvalue weighted by Crippen LogP contribution is 2.23. The fraction of sp³-hybridized carbons (Fsp3) is 0. The number of rotatable bonds is 5. The molecule has 5 rings (SSSR count). The normalized spacial score (nSPS) is 10.8. The molecule has 8 nitrogen and oxygen atoms in total. The molecule has 0 spiro atoms. The van der Waals surface area contributed by atoms with E-state index >= 15 is 0 Å². The standard InChI is InChI=1S/C24H16N4O4/c29-23(19-13-16-5-1-2-6-20(16)32-24(19)30)27-17-7-9-18(10-8-17)31-22-14-21(25-15-26-22)28-11-3-4-12-28/h1-15H,(H,27,29). The van der Waals surface area contributed by atoms with E-state index in [9.17, 15) is 9.59 Å². The van der Waals surface area contributed by atoms with Crippen molar-refractivity contribution in [2.24, 2.45) is 0 Å². The van der Waals surface area contributed by atoms with Crippen LogP contribution < -0.4 is 15.7 Å². The lowest BCUT2D eigenvalue weighted by atomic mass is 10.1. The Bertz CT molecular complexity index is 1460. The zero-order valence-corrected chi connectivity index (χ0v) is 16.6. The van der Waals surface area contributed by atoms with E-state index in [4.69, 9.17) is 9.15 Å². The number of para-hydroxylation sites is 1. The fourth-order valence-corrected chi connectivity index (χ4v) is 3.16. The Morgan fingerprint density at radius 3 is 2.53 bits per heavy atom.